The van der Waals surface area contributed by atoms with Gasteiger partial charge in [0.15, 0.2) is 0 Å². The van der Waals surface area contributed by atoms with Crippen molar-refractivity contribution >= 4 is 24.8 Å². The number of carbonyl (C=O) groups is 2. The molecule has 4 rings (SSSR count). The first-order valence-electron chi connectivity index (χ1n) is 12.1. The van der Waals surface area contributed by atoms with Crippen molar-refractivity contribution in [2.75, 3.05) is 0 Å². The second-order valence-corrected chi connectivity index (χ2v) is 14.9. The van der Waals surface area contributed by atoms with Crippen LogP contribution in [0.15, 0.2) is 84.9 Å². The maximum Gasteiger partial charge on any atom is 0.147 e. The van der Waals surface area contributed by atoms with Crippen molar-refractivity contribution in [2.45, 2.75) is 63.1 Å². The first kappa shape index (κ1) is 23.4. The Bertz CT molecular complexity index is 1090. The number of carbonyl (C=O) groups excluding carboxylic acids is 2. The van der Waals surface area contributed by atoms with Gasteiger partial charge in [-0.05, 0) is 35.6 Å². The van der Waals surface area contributed by atoms with Gasteiger partial charge in [-0.1, -0.05) is 110 Å². The predicted molar refractivity (Wildman–Crippen MR) is 139 cm³/mol. The number of rotatable bonds is 8. The fourth-order valence-corrected chi connectivity index (χ4v) is 8.02. The van der Waals surface area contributed by atoms with E-state index >= 15 is 0 Å². The van der Waals surface area contributed by atoms with Crippen LogP contribution < -0.4 is 5.19 Å². The van der Waals surface area contributed by atoms with Gasteiger partial charge < -0.3 is 0 Å². The third-order valence-corrected chi connectivity index (χ3v) is 10.7. The van der Waals surface area contributed by atoms with Crippen LogP contribution >= 0.6 is 0 Å². The topological polar surface area (TPSA) is 34.1 Å². The number of benzene rings is 3. The monoisotopic (exact) mass is 454 g/mol. The van der Waals surface area contributed by atoms with Crippen LogP contribution in [0.2, 0.25) is 19.1 Å². The minimum atomic E-state index is -1.83. The molecule has 33 heavy (non-hydrogen) atoms. The summed E-state index contributed by atoms with van der Waals surface area (Å²) < 4.78 is 0. The molecule has 3 atom stereocenters. The molecule has 0 N–H and O–H groups in total. The van der Waals surface area contributed by atoms with E-state index in [1.54, 1.807) is 0 Å². The van der Waals surface area contributed by atoms with Gasteiger partial charge in [0.2, 0.25) is 0 Å². The lowest BCUT2D eigenvalue weighted by atomic mass is 9.85. The third-order valence-electron chi connectivity index (χ3n) is 7.39. The lowest BCUT2D eigenvalue weighted by Gasteiger charge is -2.30. The summed E-state index contributed by atoms with van der Waals surface area (Å²) in [5, 5.41) is 1.39. The van der Waals surface area contributed by atoms with Crippen LogP contribution in [-0.4, -0.2) is 19.6 Å². The second-order valence-electron chi connectivity index (χ2n) is 10.1. The molecule has 1 fully saturated rings. The Hall–Kier alpha value is -2.78. The third kappa shape index (κ3) is 5.25. The van der Waals surface area contributed by atoms with Crippen LogP contribution in [-0.2, 0) is 9.59 Å². The van der Waals surface area contributed by atoms with Crippen molar-refractivity contribution in [1.29, 1.82) is 0 Å². The quantitative estimate of drug-likeness (QED) is 0.360. The van der Waals surface area contributed by atoms with Crippen LogP contribution in [0.1, 0.15) is 60.6 Å². The minimum absolute atomic E-state index is 0.0415. The summed E-state index contributed by atoms with van der Waals surface area (Å²) in [5.41, 5.74) is 3.24. The van der Waals surface area contributed by atoms with Gasteiger partial charge in [0, 0.05) is 24.2 Å². The predicted octanol–water partition coefficient (Wildman–Crippen LogP) is 6.60. The van der Waals surface area contributed by atoms with E-state index < -0.39 is 8.07 Å². The molecule has 0 bridgehead atoms. The zero-order valence-corrected chi connectivity index (χ0v) is 21.0. The van der Waals surface area contributed by atoms with Gasteiger partial charge in [0.1, 0.15) is 11.6 Å². The highest BCUT2D eigenvalue weighted by Gasteiger charge is 2.34. The van der Waals surface area contributed by atoms with E-state index in [0.29, 0.717) is 12.2 Å². The second kappa shape index (κ2) is 10.0. The highest BCUT2D eigenvalue weighted by atomic mass is 28.3. The SMILES string of the molecule is CC(C(=O)C(C[Si](C)(C)c1ccccc1)c1ccccc1)c1ccc(C2CCCC2=O)cc1. The average Bonchev–Trinajstić information content (AvgIpc) is 3.28. The van der Waals surface area contributed by atoms with Gasteiger partial charge >= 0.3 is 0 Å². The Morgan fingerprint density at radius 2 is 1.48 bits per heavy atom. The normalized spacial score (nSPS) is 18.2. The van der Waals surface area contributed by atoms with Gasteiger partial charge in [0.25, 0.3) is 0 Å². The Morgan fingerprint density at radius 1 is 0.879 bits per heavy atom. The maximum atomic E-state index is 13.9. The first-order valence-corrected chi connectivity index (χ1v) is 15.3. The Kier molecular flexibility index (Phi) is 7.09. The molecule has 0 saturated heterocycles. The molecule has 0 aromatic heterocycles. The molecular weight excluding hydrogens is 420 g/mol. The fourth-order valence-electron chi connectivity index (χ4n) is 5.24. The maximum absolute atomic E-state index is 13.9. The molecule has 3 aromatic carbocycles. The van der Waals surface area contributed by atoms with Crippen molar-refractivity contribution in [3.63, 3.8) is 0 Å². The molecule has 1 aliphatic carbocycles. The lowest BCUT2D eigenvalue weighted by Crippen LogP contribution is -2.43. The van der Waals surface area contributed by atoms with Crippen molar-refractivity contribution in [3.05, 3.63) is 102 Å². The molecule has 2 nitrogen and oxygen atoms in total. The number of hydrogen-bond donors (Lipinski definition) is 0. The fraction of sp³-hybridized carbons (Fsp3) is 0.333. The lowest BCUT2D eigenvalue weighted by molar-refractivity contribution is -0.121. The van der Waals surface area contributed by atoms with Crippen molar-refractivity contribution in [1.82, 2.24) is 0 Å². The molecule has 0 heterocycles. The van der Waals surface area contributed by atoms with Crippen LogP contribution in [0, 0.1) is 0 Å². The molecule has 0 aliphatic heterocycles. The average molecular weight is 455 g/mol. The van der Waals surface area contributed by atoms with Crippen LogP contribution in [0.25, 0.3) is 0 Å². The molecule has 1 saturated carbocycles. The summed E-state index contributed by atoms with van der Waals surface area (Å²) in [6.45, 7) is 6.76. The van der Waals surface area contributed by atoms with Gasteiger partial charge in [-0.25, -0.2) is 0 Å². The van der Waals surface area contributed by atoms with E-state index in [4.69, 9.17) is 0 Å². The van der Waals surface area contributed by atoms with E-state index in [-0.39, 0.29) is 23.5 Å². The number of Topliss-reactive ketones (excluding diaryl/α,β-unsaturated/α-hetero) is 2. The molecule has 0 radical (unpaired) electrons. The largest absolute Gasteiger partial charge is 0.299 e. The molecular formula is C30H34O2Si. The van der Waals surface area contributed by atoms with Crippen LogP contribution in [0.5, 0.6) is 0 Å². The molecule has 1 aliphatic rings. The van der Waals surface area contributed by atoms with Gasteiger partial charge in [-0.2, -0.15) is 0 Å². The van der Waals surface area contributed by atoms with Crippen molar-refractivity contribution in [2.24, 2.45) is 0 Å². The Labute approximate surface area is 199 Å². The van der Waals surface area contributed by atoms with Crippen molar-refractivity contribution in [3.8, 4) is 0 Å². The minimum Gasteiger partial charge on any atom is -0.299 e. The summed E-state index contributed by atoms with van der Waals surface area (Å²) >= 11 is 0. The Balaban J connectivity index is 1.59. The van der Waals surface area contributed by atoms with E-state index in [1.807, 2.05) is 25.1 Å². The van der Waals surface area contributed by atoms with E-state index in [1.165, 1.54) is 5.19 Å². The molecule has 3 unspecified atom stereocenters. The standard InChI is InChI=1S/C30H34O2Si/c1-22(23-17-19-25(20-18-23)27-15-10-16-29(27)31)30(32)28(24-11-6-4-7-12-24)21-33(2,3)26-13-8-5-9-14-26/h4-9,11-14,17-20,22,27-28H,10,15-16,21H2,1-3H3. The number of hydrogen-bond acceptors (Lipinski definition) is 2. The molecule has 0 amide bonds. The summed E-state index contributed by atoms with van der Waals surface area (Å²) in [6, 6.07) is 30.1. The summed E-state index contributed by atoms with van der Waals surface area (Å²) in [5.74, 6) is 0.356. The van der Waals surface area contributed by atoms with E-state index in [0.717, 1.165) is 35.6 Å². The summed E-state index contributed by atoms with van der Waals surface area (Å²) in [4.78, 5) is 26.1. The first-order chi connectivity index (χ1) is 15.9. The smallest absolute Gasteiger partial charge is 0.147 e. The van der Waals surface area contributed by atoms with Crippen molar-refractivity contribution < 1.29 is 9.59 Å². The van der Waals surface area contributed by atoms with Gasteiger partial charge in [0.05, 0.1) is 8.07 Å². The molecule has 3 aromatic rings. The van der Waals surface area contributed by atoms with Gasteiger partial charge in [-0.15, -0.1) is 0 Å². The summed E-state index contributed by atoms with van der Waals surface area (Å²) in [6.07, 6.45) is 2.63. The zero-order chi connectivity index (χ0) is 23.4. The van der Waals surface area contributed by atoms with Gasteiger partial charge in [-0.3, -0.25) is 9.59 Å². The molecule has 170 valence electrons. The van der Waals surface area contributed by atoms with Crippen LogP contribution in [0.4, 0.5) is 0 Å². The highest BCUT2D eigenvalue weighted by molar-refractivity contribution is 6.90. The molecule has 0 spiro atoms. The highest BCUT2D eigenvalue weighted by Crippen LogP contribution is 2.35. The number of ketones is 2. The zero-order valence-electron chi connectivity index (χ0n) is 20.0. The molecule has 3 heteroatoms. The summed E-state index contributed by atoms with van der Waals surface area (Å²) in [7, 11) is -1.83. The Morgan fingerprint density at radius 3 is 2.06 bits per heavy atom. The van der Waals surface area contributed by atoms with Crippen LogP contribution in [0.3, 0.4) is 0 Å². The van der Waals surface area contributed by atoms with E-state index in [9.17, 15) is 9.59 Å². The van der Waals surface area contributed by atoms with E-state index in [2.05, 4.69) is 79.8 Å².